The van der Waals surface area contributed by atoms with Crippen molar-refractivity contribution in [3.8, 4) is 5.69 Å². The Kier molecular flexibility index (Phi) is 5.31. The SMILES string of the molecule is Cc1ccc(-n2c(C)cc(C=Nc3ccc(N4CCOCC4)cc3)c2C)cc1. The summed E-state index contributed by atoms with van der Waals surface area (Å²) in [4.78, 5) is 7.06. The topological polar surface area (TPSA) is 29.8 Å². The molecule has 0 unspecified atom stereocenters. The second kappa shape index (κ2) is 8.03. The van der Waals surface area contributed by atoms with Gasteiger partial charge in [-0.15, -0.1) is 0 Å². The van der Waals surface area contributed by atoms with Crippen LogP contribution in [-0.4, -0.2) is 37.1 Å². The van der Waals surface area contributed by atoms with Crippen molar-refractivity contribution < 1.29 is 4.74 Å². The van der Waals surface area contributed by atoms with Crippen LogP contribution in [0.25, 0.3) is 5.69 Å². The summed E-state index contributed by atoms with van der Waals surface area (Å²) in [5.41, 5.74) is 8.23. The molecular formula is C24H27N3O. The second-order valence-electron chi connectivity index (χ2n) is 7.37. The number of benzene rings is 2. The fourth-order valence-electron chi connectivity index (χ4n) is 3.72. The molecule has 0 radical (unpaired) electrons. The van der Waals surface area contributed by atoms with Crippen LogP contribution in [0.3, 0.4) is 0 Å². The lowest BCUT2D eigenvalue weighted by Crippen LogP contribution is -2.36. The van der Waals surface area contributed by atoms with Crippen LogP contribution < -0.4 is 4.90 Å². The number of aryl methyl sites for hydroxylation is 2. The molecule has 1 aliphatic rings. The van der Waals surface area contributed by atoms with Crippen LogP contribution >= 0.6 is 0 Å². The Labute approximate surface area is 167 Å². The fraction of sp³-hybridized carbons (Fsp3) is 0.292. The lowest BCUT2D eigenvalue weighted by atomic mass is 10.2. The molecule has 0 N–H and O–H groups in total. The zero-order chi connectivity index (χ0) is 19.5. The fourth-order valence-corrected chi connectivity index (χ4v) is 3.72. The first kappa shape index (κ1) is 18.5. The van der Waals surface area contributed by atoms with E-state index in [1.54, 1.807) is 0 Å². The van der Waals surface area contributed by atoms with Gasteiger partial charge in [0.15, 0.2) is 0 Å². The second-order valence-corrected chi connectivity index (χ2v) is 7.37. The van der Waals surface area contributed by atoms with E-state index in [2.05, 4.69) is 84.8 Å². The summed E-state index contributed by atoms with van der Waals surface area (Å²) in [5, 5.41) is 0. The minimum absolute atomic E-state index is 0.802. The van der Waals surface area contributed by atoms with Gasteiger partial charge in [-0.25, -0.2) is 0 Å². The van der Waals surface area contributed by atoms with Gasteiger partial charge in [-0.05, 0) is 63.2 Å². The lowest BCUT2D eigenvalue weighted by Gasteiger charge is -2.28. The largest absolute Gasteiger partial charge is 0.378 e. The number of morpholine rings is 1. The zero-order valence-corrected chi connectivity index (χ0v) is 16.9. The first-order valence-corrected chi connectivity index (χ1v) is 9.84. The van der Waals surface area contributed by atoms with E-state index in [1.807, 2.05) is 6.21 Å². The van der Waals surface area contributed by atoms with Gasteiger partial charge in [-0.2, -0.15) is 0 Å². The quantitative estimate of drug-likeness (QED) is 0.603. The molecule has 0 spiro atoms. The molecular weight excluding hydrogens is 346 g/mol. The van der Waals surface area contributed by atoms with Crippen molar-refractivity contribution in [2.45, 2.75) is 20.8 Å². The number of rotatable bonds is 4. The third-order valence-electron chi connectivity index (χ3n) is 5.34. The van der Waals surface area contributed by atoms with Gasteiger partial charge in [-0.3, -0.25) is 4.99 Å². The van der Waals surface area contributed by atoms with Crippen LogP contribution in [0.15, 0.2) is 59.6 Å². The van der Waals surface area contributed by atoms with Crippen molar-refractivity contribution in [1.29, 1.82) is 0 Å². The number of hydrogen-bond acceptors (Lipinski definition) is 3. The molecule has 1 aliphatic heterocycles. The summed E-state index contributed by atoms with van der Waals surface area (Å²) >= 11 is 0. The Hall–Kier alpha value is -2.85. The molecule has 4 rings (SSSR count). The van der Waals surface area contributed by atoms with Crippen LogP contribution in [-0.2, 0) is 4.74 Å². The van der Waals surface area contributed by atoms with E-state index in [4.69, 9.17) is 9.73 Å². The van der Waals surface area contributed by atoms with Crippen LogP contribution in [0.2, 0.25) is 0 Å². The molecule has 0 atom stereocenters. The Balaban J connectivity index is 1.53. The van der Waals surface area contributed by atoms with Crippen molar-refractivity contribution in [3.05, 3.63) is 77.1 Å². The number of aliphatic imine (C=N–C) groups is 1. The van der Waals surface area contributed by atoms with Crippen molar-refractivity contribution in [2.75, 3.05) is 31.2 Å². The summed E-state index contributed by atoms with van der Waals surface area (Å²) in [6, 6.07) is 19.3. The first-order chi connectivity index (χ1) is 13.6. The molecule has 2 aromatic carbocycles. The van der Waals surface area contributed by atoms with Gasteiger partial charge in [0.05, 0.1) is 18.9 Å². The van der Waals surface area contributed by atoms with E-state index in [1.165, 1.54) is 28.3 Å². The van der Waals surface area contributed by atoms with Crippen molar-refractivity contribution >= 4 is 17.6 Å². The molecule has 0 saturated carbocycles. The number of ether oxygens (including phenoxy) is 1. The maximum Gasteiger partial charge on any atom is 0.0642 e. The molecule has 3 aromatic rings. The third kappa shape index (κ3) is 3.87. The Morgan fingerprint density at radius 2 is 1.50 bits per heavy atom. The molecule has 0 aliphatic carbocycles. The van der Waals surface area contributed by atoms with Gasteiger partial charge in [0.1, 0.15) is 0 Å². The summed E-state index contributed by atoms with van der Waals surface area (Å²) in [6.45, 7) is 9.91. The Morgan fingerprint density at radius 1 is 0.857 bits per heavy atom. The molecule has 1 fully saturated rings. The lowest BCUT2D eigenvalue weighted by molar-refractivity contribution is 0.122. The third-order valence-corrected chi connectivity index (χ3v) is 5.34. The van der Waals surface area contributed by atoms with Gasteiger partial charge in [-0.1, -0.05) is 17.7 Å². The highest BCUT2D eigenvalue weighted by molar-refractivity contribution is 5.84. The molecule has 144 valence electrons. The van der Waals surface area contributed by atoms with Gasteiger partial charge in [0.2, 0.25) is 0 Å². The average Bonchev–Trinajstić information content (AvgIpc) is 3.01. The highest BCUT2D eigenvalue weighted by Crippen LogP contribution is 2.23. The van der Waals surface area contributed by atoms with Crippen LogP contribution in [0.5, 0.6) is 0 Å². The van der Waals surface area contributed by atoms with E-state index in [9.17, 15) is 0 Å². The summed E-state index contributed by atoms with van der Waals surface area (Å²) < 4.78 is 7.71. The maximum absolute atomic E-state index is 5.43. The molecule has 0 bridgehead atoms. The predicted octanol–water partition coefficient (Wildman–Crippen LogP) is 4.99. The van der Waals surface area contributed by atoms with E-state index in [-0.39, 0.29) is 0 Å². The average molecular weight is 374 g/mol. The summed E-state index contributed by atoms with van der Waals surface area (Å²) in [7, 11) is 0. The Bertz CT molecular complexity index is 962. The minimum Gasteiger partial charge on any atom is -0.378 e. The van der Waals surface area contributed by atoms with E-state index >= 15 is 0 Å². The van der Waals surface area contributed by atoms with E-state index < -0.39 is 0 Å². The normalized spacial score (nSPS) is 14.8. The van der Waals surface area contributed by atoms with E-state index in [0.29, 0.717) is 0 Å². The molecule has 0 amide bonds. The molecule has 2 heterocycles. The van der Waals surface area contributed by atoms with Crippen LogP contribution in [0.4, 0.5) is 11.4 Å². The van der Waals surface area contributed by atoms with Crippen molar-refractivity contribution in [1.82, 2.24) is 4.57 Å². The van der Waals surface area contributed by atoms with Gasteiger partial charge in [0, 0.05) is 47.6 Å². The van der Waals surface area contributed by atoms with Gasteiger partial charge < -0.3 is 14.2 Å². The maximum atomic E-state index is 5.43. The summed E-state index contributed by atoms with van der Waals surface area (Å²) in [6.07, 6.45) is 1.97. The highest BCUT2D eigenvalue weighted by Gasteiger charge is 2.11. The van der Waals surface area contributed by atoms with Crippen molar-refractivity contribution in [3.63, 3.8) is 0 Å². The van der Waals surface area contributed by atoms with Gasteiger partial charge in [0.25, 0.3) is 0 Å². The number of hydrogen-bond donors (Lipinski definition) is 0. The van der Waals surface area contributed by atoms with E-state index in [0.717, 1.165) is 37.6 Å². The van der Waals surface area contributed by atoms with Crippen LogP contribution in [0, 0.1) is 20.8 Å². The molecule has 1 saturated heterocycles. The Morgan fingerprint density at radius 3 is 2.18 bits per heavy atom. The highest BCUT2D eigenvalue weighted by atomic mass is 16.5. The molecule has 28 heavy (non-hydrogen) atoms. The molecule has 4 nitrogen and oxygen atoms in total. The number of anilines is 1. The smallest absolute Gasteiger partial charge is 0.0642 e. The number of nitrogens with zero attached hydrogens (tertiary/aromatic N) is 3. The number of aromatic nitrogens is 1. The molecule has 4 heteroatoms. The first-order valence-electron chi connectivity index (χ1n) is 9.84. The predicted molar refractivity (Wildman–Crippen MR) is 117 cm³/mol. The summed E-state index contributed by atoms with van der Waals surface area (Å²) in [5.74, 6) is 0. The monoisotopic (exact) mass is 373 g/mol. The minimum atomic E-state index is 0.802. The standard InChI is InChI=1S/C24H27N3O/c1-18-4-8-24(9-5-18)27-19(2)16-21(20(27)3)17-25-22-6-10-23(11-7-22)26-12-14-28-15-13-26/h4-11,16-17H,12-15H2,1-3H3. The van der Waals surface area contributed by atoms with Gasteiger partial charge >= 0.3 is 0 Å². The zero-order valence-electron chi connectivity index (χ0n) is 16.9. The van der Waals surface area contributed by atoms with Crippen LogP contribution in [0.1, 0.15) is 22.5 Å². The van der Waals surface area contributed by atoms with Crippen molar-refractivity contribution in [2.24, 2.45) is 4.99 Å². The molecule has 1 aromatic heterocycles.